The van der Waals surface area contributed by atoms with Crippen molar-refractivity contribution in [3.8, 4) is 11.5 Å². The van der Waals surface area contributed by atoms with Gasteiger partial charge >= 0.3 is 0 Å². The number of benzene rings is 1. The summed E-state index contributed by atoms with van der Waals surface area (Å²) in [6.45, 7) is 4.03. The van der Waals surface area contributed by atoms with E-state index in [0.29, 0.717) is 5.75 Å². The molecule has 0 fully saturated rings. The molecule has 0 radical (unpaired) electrons. The number of nitrogens with zero attached hydrogens (tertiary/aromatic N) is 1. The molecule has 0 aliphatic carbocycles. The fraction of sp³-hybridized carbons (Fsp3) is 0.417. The van der Waals surface area contributed by atoms with Crippen LogP contribution in [0.1, 0.15) is 19.4 Å². The Balaban J connectivity index is 0.00000154. The van der Waals surface area contributed by atoms with Gasteiger partial charge in [-0.2, -0.15) is 0 Å². The van der Waals surface area contributed by atoms with Crippen LogP contribution in [0.4, 0.5) is 5.69 Å². The highest BCUT2D eigenvalue weighted by atomic mass is 16.6. The third-order valence-electron chi connectivity index (χ3n) is 2.09. The maximum Gasteiger partial charge on any atom is 0.293 e. The van der Waals surface area contributed by atoms with Crippen molar-refractivity contribution in [1.29, 1.82) is 0 Å². The van der Waals surface area contributed by atoms with E-state index < -0.39 is 4.92 Å². The number of nitro groups is 1. The molecule has 0 N–H and O–H groups in total. The monoisotopic (exact) mass is 271 g/mol. The van der Waals surface area contributed by atoms with E-state index in [2.05, 4.69) is 4.74 Å². The molecule has 0 aliphatic rings. The average molecular weight is 271 g/mol. The van der Waals surface area contributed by atoms with Crippen molar-refractivity contribution in [2.24, 2.45) is 0 Å². The quantitative estimate of drug-likeness (QED) is 0.448. The molecule has 0 heterocycles. The van der Waals surface area contributed by atoms with Gasteiger partial charge in [0.15, 0.2) is 11.5 Å². The van der Waals surface area contributed by atoms with E-state index in [0.717, 1.165) is 0 Å². The smallest absolute Gasteiger partial charge is 0.293 e. The molecule has 106 valence electrons. The van der Waals surface area contributed by atoms with Crippen LogP contribution in [0.25, 0.3) is 0 Å². The normalized spacial score (nSPS) is 8.84. The third kappa shape index (κ3) is 4.46. The van der Waals surface area contributed by atoms with Crippen molar-refractivity contribution in [3.63, 3.8) is 0 Å². The van der Waals surface area contributed by atoms with Gasteiger partial charge in [0.1, 0.15) is 6.61 Å². The van der Waals surface area contributed by atoms with Gasteiger partial charge in [0.05, 0.1) is 30.8 Å². The summed E-state index contributed by atoms with van der Waals surface area (Å²) in [7, 11) is 2.79. The molecular weight excluding hydrogens is 254 g/mol. The highest BCUT2D eigenvalue weighted by molar-refractivity contribution is 5.54. The number of hydrogen-bond donors (Lipinski definition) is 0. The Labute approximate surface area is 111 Å². The molecule has 0 amide bonds. The van der Waals surface area contributed by atoms with Crippen LogP contribution in [0.15, 0.2) is 12.1 Å². The Hall–Kier alpha value is -2.31. The van der Waals surface area contributed by atoms with E-state index in [1.807, 2.05) is 13.8 Å². The zero-order valence-electron chi connectivity index (χ0n) is 11.3. The zero-order valence-corrected chi connectivity index (χ0v) is 11.3. The average Bonchev–Trinajstić information content (AvgIpc) is 2.45. The molecule has 0 unspecified atom stereocenters. The first-order valence-corrected chi connectivity index (χ1v) is 5.58. The van der Waals surface area contributed by atoms with Gasteiger partial charge in [0.2, 0.25) is 0 Å². The van der Waals surface area contributed by atoms with Crippen LogP contribution in [-0.2, 0) is 16.1 Å². The lowest BCUT2D eigenvalue weighted by Gasteiger charge is -2.09. The van der Waals surface area contributed by atoms with Crippen LogP contribution in [-0.4, -0.2) is 25.6 Å². The van der Waals surface area contributed by atoms with E-state index >= 15 is 0 Å². The molecular formula is C12H17NO6. The summed E-state index contributed by atoms with van der Waals surface area (Å²) in [6, 6.07) is 2.63. The van der Waals surface area contributed by atoms with E-state index in [1.54, 1.807) is 0 Å². The van der Waals surface area contributed by atoms with Crippen LogP contribution in [0.5, 0.6) is 11.5 Å². The molecule has 0 bridgehead atoms. The van der Waals surface area contributed by atoms with Gasteiger partial charge in [-0.1, -0.05) is 13.8 Å². The van der Waals surface area contributed by atoms with E-state index in [9.17, 15) is 14.9 Å². The minimum absolute atomic E-state index is 0.190. The number of nitro benzene ring substituents is 1. The molecule has 0 aliphatic heterocycles. The lowest BCUT2D eigenvalue weighted by atomic mass is 10.1. The molecule has 0 saturated carbocycles. The SMILES string of the molecule is CC.COc1cc(COC=O)c([N+](=O)[O-])cc1OC. The Kier molecular flexibility index (Phi) is 7.67. The molecule has 7 heteroatoms. The largest absolute Gasteiger partial charge is 0.493 e. The van der Waals surface area contributed by atoms with Crippen LogP contribution in [0.3, 0.4) is 0 Å². The van der Waals surface area contributed by atoms with Crippen molar-refractivity contribution in [1.82, 2.24) is 0 Å². The van der Waals surface area contributed by atoms with Crippen molar-refractivity contribution >= 4 is 12.2 Å². The lowest BCUT2D eigenvalue weighted by molar-refractivity contribution is -0.385. The van der Waals surface area contributed by atoms with Gasteiger partial charge in [0, 0.05) is 0 Å². The maximum atomic E-state index is 10.8. The van der Waals surface area contributed by atoms with Crippen LogP contribution < -0.4 is 9.47 Å². The number of ether oxygens (including phenoxy) is 3. The molecule has 0 spiro atoms. The Bertz CT molecular complexity index is 432. The van der Waals surface area contributed by atoms with Crippen molar-refractivity contribution in [2.75, 3.05) is 14.2 Å². The second kappa shape index (κ2) is 8.73. The van der Waals surface area contributed by atoms with Crippen molar-refractivity contribution < 1.29 is 23.9 Å². The molecule has 1 aromatic carbocycles. The Morgan fingerprint density at radius 3 is 2.16 bits per heavy atom. The highest BCUT2D eigenvalue weighted by Gasteiger charge is 2.19. The molecule has 1 rings (SSSR count). The zero-order chi connectivity index (χ0) is 14.8. The molecule has 0 aromatic heterocycles. The minimum Gasteiger partial charge on any atom is -0.493 e. The second-order valence-electron chi connectivity index (χ2n) is 3.00. The summed E-state index contributed by atoms with van der Waals surface area (Å²) in [6.07, 6.45) is 0. The van der Waals surface area contributed by atoms with Crippen LogP contribution in [0.2, 0.25) is 0 Å². The number of carbonyl (C=O) groups is 1. The fourth-order valence-electron chi connectivity index (χ4n) is 1.32. The summed E-state index contributed by atoms with van der Waals surface area (Å²) in [5.41, 5.74) is 0.0456. The minimum atomic E-state index is -0.578. The van der Waals surface area contributed by atoms with Gasteiger partial charge in [-0.3, -0.25) is 14.9 Å². The van der Waals surface area contributed by atoms with E-state index in [1.165, 1.54) is 26.4 Å². The number of rotatable bonds is 6. The summed E-state index contributed by atoms with van der Waals surface area (Å²) < 4.78 is 14.4. The van der Waals surface area contributed by atoms with Gasteiger partial charge in [-0.05, 0) is 6.07 Å². The molecule has 19 heavy (non-hydrogen) atoms. The van der Waals surface area contributed by atoms with Crippen LogP contribution in [0, 0.1) is 10.1 Å². The predicted molar refractivity (Wildman–Crippen MR) is 68.4 cm³/mol. The van der Waals surface area contributed by atoms with Gasteiger partial charge in [-0.15, -0.1) is 0 Å². The fourth-order valence-corrected chi connectivity index (χ4v) is 1.32. The topological polar surface area (TPSA) is 87.9 Å². The van der Waals surface area contributed by atoms with Gasteiger partial charge < -0.3 is 14.2 Å². The van der Waals surface area contributed by atoms with Crippen molar-refractivity contribution in [3.05, 3.63) is 27.8 Å². The Morgan fingerprint density at radius 2 is 1.74 bits per heavy atom. The summed E-state index contributed by atoms with van der Waals surface area (Å²) in [5.74, 6) is 0.580. The van der Waals surface area contributed by atoms with Gasteiger partial charge in [0.25, 0.3) is 12.2 Å². The number of carbonyl (C=O) groups excluding carboxylic acids is 1. The maximum absolute atomic E-state index is 10.8. The second-order valence-corrected chi connectivity index (χ2v) is 3.00. The molecule has 1 aromatic rings. The summed E-state index contributed by atoms with van der Waals surface area (Å²) in [4.78, 5) is 20.3. The first-order chi connectivity index (χ1) is 9.13. The van der Waals surface area contributed by atoms with Crippen LogP contribution >= 0.6 is 0 Å². The molecule has 0 saturated heterocycles. The van der Waals surface area contributed by atoms with Gasteiger partial charge in [-0.25, -0.2) is 0 Å². The highest BCUT2D eigenvalue weighted by Crippen LogP contribution is 2.34. The van der Waals surface area contributed by atoms with E-state index in [-0.39, 0.29) is 30.1 Å². The Morgan fingerprint density at radius 1 is 1.21 bits per heavy atom. The standard InChI is InChI=1S/C10H11NO6.C2H6/c1-15-9-3-7(5-17-6-12)8(11(13)14)4-10(9)16-2;1-2/h3-4,6H,5H2,1-2H3;1-2H3. The third-order valence-corrected chi connectivity index (χ3v) is 2.09. The number of methoxy groups -OCH3 is 2. The first-order valence-electron chi connectivity index (χ1n) is 5.58. The number of hydrogen-bond acceptors (Lipinski definition) is 6. The molecule has 0 atom stereocenters. The first kappa shape index (κ1) is 16.7. The lowest BCUT2D eigenvalue weighted by Crippen LogP contribution is -2.00. The molecule has 7 nitrogen and oxygen atoms in total. The van der Waals surface area contributed by atoms with Crippen molar-refractivity contribution in [2.45, 2.75) is 20.5 Å². The summed E-state index contributed by atoms with van der Waals surface area (Å²) in [5, 5.41) is 10.8. The van der Waals surface area contributed by atoms with E-state index in [4.69, 9.17) is 9.47 Å². The summed E-state index contributed by atoms with van der Waals surface area (Å²) >= 11 is 0. The predicted octanol–water partition coefficient (Wildman–Crippen LogP) is 2.31.